The zero-order chi connectivity index (χ0) is 19.6. The van der Waals surface area contributed by atoms with E-state index in [0.717, 1.165) is 0 Å². The molecule has 27 heavy (non-hydrogen) atoms. The van der Waals surface area contributed by atoms with Gasteiger partial charge < -0.3 is 15.5 Å². The van der Waals surface area contributed by atoms with Gasteiger partial charge in [-0.1, -0.05) is 22.0 Å². The van der Waals surface area contributed by atoms with E-state index in [1.807, 2.05) is 0 Å². The first-order chi connectivity index (χ1) is 12.8. The molecule has 0 spiro atoms. The van der Waals surface area contributed by atoms with Gasteiger partial charge in [0.1, 0.15) is 5.82 Å². The van der Waals surface area contributed by atoms with Crippen molar-refractivity contribution in [2.24, 2.45) is 5.92 Å². The molecule has 1 aliphatic rings. The Morgan fingerprint density at radius 2 is 1.96 bits per heavy atom. The topological polar surface area (TPSA) is 78.5 Å². The van der Waals surface area contributed by atoms with Crippen molar-refractivity contribution in [3.05, 3.63) is 52.8 Å². The van der Waals surface area contributed by atoms with Crippen molar-refractivity contribution in [2.75, 3.05) is 22.1 Å². The fourth-order valence-electron chi connectivity index (χ4n) is 2.91. The number of benzene rings is 2. The van der Waals surface area contributed by atoms with E-state index >= 15 is 0 Å². The molecule has 1 fully saturated rings. The van der Waals surface area contributed by atoms with Crippen LogP contribution in [0.4, 0.5) is 21.5 Å². The minimum atomic E-state index is -0.593. The van der Waals surface area contributed by atoms with Gasteiger partial charge in [0.2, 0.25) is 17.7 Å². The van der Waals surface area contributed by atoms with Crippen LogP contribution < -0.4 is 15.5 Å². The van der Waals surface area contributed by atoms with Crippen LogP contribution in [0.3, 0.4) is 0 Å². The largest absolute Gasteiger partial charge is 0.326 e. The molecule has 1 atom stereocenters. The number of hydrogen-bond acceptors (Lipinski definition) is 3. The molecule has 0 radical (unpaired) electrons. The molecule has 1 heterocycles. The summed E-state index contributed by atoms with van der Waals surface area (Å²) in [6.45, 7) is 1.58. The van der Waals surface area contributed by atoms with Crippen molar-refractivity contribution in [1.82, 2.24) is 0 Å². The highest BCUT2D eigenvalue weighted by Crippen LogP contribution is 2.28. The fourth-order valence-corrected chi connectivity index (χ4v) is 3.25. The summed E-state index contributed by atoms with van der Waals surface area (Å²) in [5.41, 5.74) is 1.23. The van der Waals surface area contributed by atoms with Crippen LogP contribution in [0.2, 0.25) is 0 Å². The van der Waals surface area contributed by atoms with Gasteiger partial charge in [0.05, 0.1) is 11.6 Å². The van der Waals surface area contributed by atoms with Crippen molar-refractivity contribution in [2.45, 2.75) is 13.3 Å². The van der Waals surface area contributed by atoms with Gasteiger partial charge in [-0.2, -0.15) is 0 Å². The first-order valence-electron chi connectivity index (χ1n) is 8.27. The standard InChI is InChI=1S/C19H17BrFN3O3/c1-11(25)22-14-3-2-4-15(9-14)24-10-12(7-18(24)26)19(27)23-17-6-5-13(20)8-16(17)21/h2-6,8-9,12H,7,10H2,1H3,(H,22,25)(H,23,27)/t12-/m0/s1. The van der Waals surface area contributed by atoms with Crippen LogP contribution >= 0.6 is 15.9 Å². The zero-order valence-corrected chi connectivity index (χ0v) is 16.0. The van der Waals surface area contributed by atoms with Crippen LogP contribution in [0.15, 0.2) is 46.9 Å². The van der Waals surface area contributed by atoms with E-state index in [2.05, 4.69) is 26.6 Å². The molecule has 3 amide bonds. The lowest BCUT2D eigenvalue weighted by atomic mass is 10.1. The number of amides is 3. The van der Waals surface area contributed by atoms with Gasteiger partial charge in [0.25, 0.3) is 0 Å². The quantitative estimate of drug-likeness (QED) is 0.773. The lowest BCUT2D eigenvalue weighted by molar-refractivity contribution is -0.122. The molecule has 2 aromatic rings. The predicted octanol–water partition coefficient (Wildman–Crippen LogP) is 3.54. The average molecular weight is 434 g/mol. The Kier molecular flexibility index (Phi) is 5.55. The molecule has 140 valence electrons. The molecule has 3 rings (SSSR count). The second-order valence-electron chi connectivity index (χ2n) is 6.25. The molecule has 0 saturated carbocycles. The summed E-state index contributed by atoms with van der Waals surface area (Å²) in [6.07, 6.45) is 0.0361. The number of rotatable bonds is 4. The molecule has 2 aromatic carbocycles. The molecule has 8 heteroatoms. The van der Waals surface area contributed by atoms with Crippen LogP contribution in [0.25, 0.3) is 0 Å². The number of nitrogens with zero attached hydrogens (tertiary/aromatic N) is 1. The Balaban J connectivity index is 1.71. The minimum Gasteiger partial charge on any atom is -0.326 e. The van der Waals surface area contributed by atoms with Crippen molar-refractivity contribution in [3.63, 3.8) is 0 Å². The molecule has 0 aliphatic carbocycles. The second kappa shape index (κ2) is 7.87. The van der Waals surface area contributed by atoms with Crippen molar-refractivity contribution in [3.8, 4) is 0 Å². The van der Waals surface area contributed by atoms with Gasteiger partial charge in [0.15, 0.2) is 0 Å². The minimum absolute atomic E-state index is 0.0361. The number of nitrogens with one attached hydrogen (secondary N) is 2. The van der Waals surface area contributed by atoms with Gasteiger partial charge in [-0.25, -0.2) is 4.39 Å². The Morgan fingerprint density at radius 1 is 1.19 bits per heavy atom. The highest BCUT2D eigenvalue weighted by Gasteiger charge is 2.35. The van der Waals surface area contributed by atoms with Crippen LogP contribution in [-0.2, 0) is 14.4 Å². The average Bonchev–Trinajstić information content (AvgIpc) is 2.99. The monoisotopic (exact) mass is 433 g/mol. The summed E-state index contributed by atoms with van der Waals surface area (Å²) in [4.78, 5) is 37.5. The lowest BCUT2D eigenvalue weighted by Gasteiger charge is -2.18. The van der Waals surface area contributed by atoms with E-state index in [9.17, 15) is 18.8 Å². The Labute approximate surface area is 163 Å². The lowest BCUT2D eigenvalue weighted by Crippen LogP contribution is -2.28. The van der Waals surface area contributed by atoms with Crippen molar-refractivity contribution >= 4 is 50.7 Å². The molecule has 1 aliphatic heterocycles. The second-order valence-corrected chi connectivity index (χ2v) is 7.17. The van der Waals surface area contributed by atoms with Gasteiger partial charge >= 0.3 is 0 Å². The van der Waals surface area contributed by atoms with E-state index in [1.54, 1.807) is 30.3 Å². The normalized spacial score (nSPS) is 16.3. The van der Waals surface area contributed by atoms with Crippen LogP contribution in [0.5, 0.6) is 0 Å². The molecule has 0 unspecified atom stereocenters. The molecular weight excluding hydrogens is 417 g/mol. The van der Waals surface area contributed by atoms with E-state index in [4.69, 9.17) is 0 Å². The predicted molar refractivity (Wildman–Crippen MR) is 104 cm³/mol. The Hall–Kier alpha value is -2.74. The molecule has 1 saturated heterocycles. The SMILES string of the molecule is CC(=O)Nc1cccc(N2C[C@@H](C(=O)Nc3ccc(Br)cc3F)CC2=O)c1. The number of hydrogen-bond donors (Lipinski definition) is 2. The molecule has 0 bridgehead atoms. The maximum atomic E-state index is 13.9. The van der Waals surface area contributed by atoms with E-state index < -0.39 is 17.6 Å². The van der Waals surface area contributed by atoms with Crippen molar-refractivity contribution < 1.29 is 18.8 Å². The third kappa shape index (κ3) is 4.51. The number of halogens is 2. The third-order valence-corrected chi connectivity index (χ3v) is 4.66. The number of carbonyl (C=O) groups is 3. The number of anilines is 3. The van der Waals surface area contributed by atoms with Crippen LogP contribution in [0.1, 0.15) is 13.3 Å². The summed E-state index contributed by atoms with van der Waals surface area (Å²) >= 11 is 3.16. The first kappa shape index (κ1) is 19.0. The van der Waals surface area contributed by atoms with Gasteiger partial charge in [-0.3, -0.25) is 14.4 Å². The molecule has 2 N–H and O–H groups in total. The zero-order valence-electron chi connectivity index (χ0n) is 14.5. The summed E-state index contributed by atoms with van der Waals surface area (Å²) < 4.78 is 14.5. The van der Waals surface area contributed by atoms with E-state index in [1.165, 1.54) is 24.0 Å². The van der Waals surface area contributed by atoms with Crippen molar-refractivity contribution in [1.29, 1.82) is 0 Å². The molecular formula is C19H17BrFN3O3. The van der Waals surface area contributed by atoms with Gasteiger partial charge in [0, 0.05) is 35.7 Å². The fraction of sp³-hybridized carbons (Fsp3) is 0.211. The van der Waals surface area contributed by atoms with E-state index in [0.29, 0.717) is 15.8 Å². The highest BCUT2D eigenvalue weighted by molar-refractivity contribution is 9.10. The Morgan fingerprint density at radius 3 is 2.67 bits per heavy atom. The van der Waals surface area contributed by atoms with E-state index in [-0.39, 0.29) is 30.5 Å². The summed E-state index contributed by atoms with van der Waals surface area (Å²) in [6, 6.07) is 11.2. The van der Waals surface area contributed by atoms with Gasteiger partial charge in [-0.15, -0.1) is 0 Å². The van der Waals surface area contributed by atoms with Crippen LogP contribution in [0, 0.1) is 11.7 Å². The maximum Gasteiger partial charge on any atom is 0.229 e. The smallest absolute Gasteiger partial charge is 0.229 e. The number of carbonyl (C=O) groups excluding carboxylic acids is 3. The first-order valence-corrected chi connectivity index (χ1v) is 9.06. The summed E-state index contributed by atoms with van der Waals surface area (Å²) in [7, 11) is 0. The third-order valence-electron chi connectivity index (χ3n) is 4.16. The summed E-state index contributed by atoms with van der Waals surface area (Å²) in [5, 5.41) is 5.20. The Bertz CT molecular complexity index is 919. The summed E-state index contributed by atoms with van der Waals surface area (Å²) in [5.74, 6) is -1.97. The highest BCUT2D eigenvalue weighted by atomic mass is 79.9. The molecule has 6 nitrogen and oxygen atoms in total. The van der Waals surface area contributed by atoms with Crippen LogP contribution in [-0.4, -0.2) is 24.3 Å². The molecule has 0 aromatic heterocycles. The van der Waals surface area contributed by atoms with Gasteiger partial charge in [-0.05, 0) is 36.4 Å². The maximum absolute atomic E-state index is 13.9.